The van der Waals surface area contributed by atoms with E-state index < -0.39 is 5.63 Å². The molecule has 6 rings (SSSR count). The molecule has 0 saturated carbocycles. The summed E-state index contributed by atoms with van der Waals surface area (Å²) in [5.74, 6) is 0.983. The van der Waals surface area contributed by atoms with Gasteiger partial charge in [0.05, 0.1) is 18.9 Å². The maximum atomic E-state index is 12.8. The molecule has 0 bridgehead atoms. The van der Waals surface area contributed by atoms with Crippen molar-refractivity contribution in [2.75, 3.05) is 48.0 Å². The van der Waals surface area contributed by atoms with Crippen LogP contribution in [0.1, 0.15) is 28.4 Å². The number of anilines is 4. The summed E-state index contributed by atoms with van der Waals surface area (Å²) in [6.07, 6.45) is 2.71. The number of carbonyl (C=O) groups excluding carboxylic acids is 1. The minimum Gasteiger partial charge on any atom is -0.422 e. The third-order valence-corrected chi connectivity index (χ3v) is 6.91. The smallest absolute Gasteiger partial charge is 0.349 e. The van der Waals surface area contributed by atoms with Crippen LogP contribution in [-0.4, -0.2) is 48.6 Å². The van der Waals surface area contributed by atoms with Crippen LogP contribution in [0.15, 0.2) is 63.9 Å². The van der Waals surface area contributed by atoms with E-state index in [1.165, 1.54) is 18.1 Å². The minimum absolute atomic E-state index is 0.0780. The molecule has 1 N–H and O–H groups in total. The lowest BCUT2D eigenvalue weighted by atomic mass is 10.00. The van der Waals surface area contributed by atoms with Gasteiger partial charge in [-0.15, -0.1) is 0 Å². The Bertz CT molecular complexity index is 1540. The summed E-state index contributed by atoms with van der Waals surface area (Å²) in [5, 5.41) is 3.95. The fraction of sp³-hybridized carbons (Fsp3) is 0.286. The van der Waals surface area contributed by atoms with Gasteiger partial charge in [0.15, 0.2) is 5.78 Å². The van der Waals surface area contributed by atoms with Crippen molar-refractivity contribution in [3.05, 3.63) is 81.8 Å². The number of nitrogens with one attached hydrogen (secondary N) is 1. The van der Waals surface area contributed by atoms with Crippen molar-refractivity contribution in [2.45, 2.75) is 19.9 Å². The Kier molecular flexibility index (Phi) is 6.05. The number of hydrogen-bond acceptors (Lipinski definition) is 9. The van der Waals surface area contributed by atoms with Gasteiger partial charge in [-0.1, -0.05) is 24.3 Å². The van der Waals surface area contributed by atoms with Gasteiger partial charge >= 0.3 is 5.63 Å². The Morgan fingerprint density at radius 1 is 1.00 bits per heavy atom. The predicted molar refractivity (Wildman–Crippen MR) is 142 cm³/mol. The Morgan fingerprint density at radius 3 is 2.62 bits per heavy atom. The number of ketones is 1. The number of ether oxygens (including phenoxy) is 1. The van der Waals surface area contributed by atoms with Crippen molar-refractivity contribution in [1.82, 2.24) is 9.97 Å². The molecular formula is C28H27N5O4. The SMILES string of the molecule is CC(=O)c1c(N2CCOCC2)c2ccc(Nc3nccc(N4CCc5ccccc5C4)n3)cc2oc1=O. The van der Waals surface area contributed by atoms with Crippen LogP contribution in [0.5, 0.6) is 0 Å². The van der Waals surface area contributed by atoms with Crippen LogP contribution in [0.25, 0.3) is 11.0 Å². The molecule has 4 aromatic rings. The monoisotopic (exact) mass is 497 g/mol. The van der Waals surface area contributed by atoms with Crippen LogP contribution >= 0.6 is 0 Å². The Hall–Kier alpha value is -4.24. The summed E-state index contributed by atoms with van der Waals surface area (Å²) in [6.45, 7) is 5.35. The average Bonchev–Trinajstić information content (AvgIpc) is 2.92. The number of aromatic nitrogens is 2. The average molecular weight is 498 g/mol. The summed E-state index contributed by atoms with van der Waals surface area (Å²) in [6, 6.07) is 15.9. The molecule has 0 radical (unpaired) electrons. The maximum Gasteiger partial charge on any atom is 0.349 e. The van der Waals surface area contributed by atoms with E-state index in [0.29, 0.717) is 54.6 Å². The molecule has 1 saturated heterocycles. The van der Waals surface area contributed by atoms with E-state index in [-0.39, 0.29) is 11.3 Å². The predicted octanol–water partition coefficient (Wildman–Crippen LogP) is 3.93. The fourth-order valence-corrected chi connectivity index (χ4v) is 5.09. The number of rotatable bonds is 5. The van der Waals surface area contributed by atoms with Crippen LogP contribution in [0, 0.1) is 0 Å². The first-order valence-electron chi connectivity index (χ1n) is 12.4. The second kappa shape index (κ2) is 9.67. The first kappa shape index (κ1) is 23.2. The van der Waals surface area contributed by atoms with Crippen molar-refractivity contribution >= 4 is 39.9 Å². The zero-order valence-electron chi connectivity index (χ0n) is 20.6. The molecule has 0 spiro atoms. The van der Waals surface area contributed by atoms with Gasteiger partial charge in [-0.05, 0) is 42.7 Å². The molecule has 2 aromatic heterocycles. The van der Waals surface area contributed by atoms with E-state index in [0.717, 1.165) is 25.3 Å². The topological polar surface area (TPSA) is 101 Å². The van der Waals surface area contributed by atoms with Crippen molar-refractivity contribution < 1.29 is 13.9 Å². The molecular weight excluding hydrogens is 470 g/mol. The molecule has 0 atom stereocenters. The first-order valence-corrected chi connectivity index (χ1v) is 12.4. The lowest BCUT2D eigenvalue weighted by Crippen LogP contribution is -2.38. The highest BCUT2D eigenvalue weighted by molar-refractivity contribution is 6.07. The van der Waals surface area contributed by atoms with E-state index in [4.69, 9.17) is 14.1 Å². The molecule has 1 fully saturated rings. The van der Waals surface area contributed by atoms with Gasteiger partial charge in [-0.25, -0.2) is 9.78 Å². The first-order chi connectivity index (χ1) is 18.1. The van der Waals surface area contributed by atoms with E-state index in [2.05, 4.69) is 39.5 Å². The second-order valence-corrected chi connectivity index (χ2v) is 9.28. The third kappa shape index (κ3) is 4.53. The second-order valence-electron chi connectivity index (χ2n) is 9.28. The fourth-order valence-electron chi connectivity index (χ4n) is 5.09. The van der Waals surface area contributed by atoms with Crippen molar-refractivity contribution in [3.8, 4) is 0 Å². The Balaban J connectivity index is 1.30. The van der Waals surface area contributed by atoms with Gasteiger partial charge in [0.25, 0.3) is 0 Å². The molecule has 2 aliphatic heterocycles. The zero-order chi connectivity index (χ0) is 25.4. The molecule has 0 unspecified atom stereocenters. The molecule has 2 aromatic carbocycles. The van der Waals surface area contributed by atoms with Gasteiger partial charge in [0, 0.05) is 49.5 Å². The molecule has 0 amide bonds. The van der Waals surface area contributed by atoms with Crippen LogP contribution in [0.3, 0.4) is 0 Å². The van der Waals surface area contributed by atoms with E-state index in [9.17, 15) is 9.59 Å². The quantitative estimate of drug-likeness (QED) is 0.325. The minimum atomic E-state index is -0.637. The van der Waals surface area contributed by atoms with Gasteiger partial charge in [-0.3, -0.25) is 4.79 Å². The van der Waals surface area contributed by atoms with Gasteiger partial charge in [0.1, 0.15) is 17.0 Å². The standard InChI is InChI=1S/C28H27N5O4/c1-18(34)25-26(32-12-14-36-15-13-32)22-7-6-21(16-23(22)37-27(25)35)30-28-29-10-8-24(31-28)33-11-9-19-4-2-3-5-20(19)17-33/h2-8,10,16H,9,11-15,17H2,1H3,(H,29,30,31). The Labute approximate surface area is 213 Å². The van der Waals surface area contributed by atoms with Crippen molar-refractivity contribution in [2.24, 2.45) is 0 Å². The highest BCUT2D eigenvalue weighted by Crippen LogP contribution is 2.32. The molecule has 9 nitrogen and oxygen atoms in total. The van der Waals surface area contributed by atoms with Crippen molar-refractivity contribution in [3.63, 3.8) is 0 Å². The summed E-state index contributed by atoms with van der Waals surface area (Å²) in [4.78, 5) is 38.6. The molecule has 0 aliphatic carbocycles. The molecule has 2 aliphatic rings. The zero-order valence-corrected chi connectivity index (χ0v) is 20.6. The lowest BCUT2D eigenvalue weighted by Gasteiger charge is -2.30. The number of morpholine rings is 1. The molecule has 9 heteroatoms. The van der Waals surface area contributed by atoms with Crippen LogP contribution < -0.4 is 20.7 Å². The van der Waals surface area contributed by atoms with Crippen LogP contribution in [-0.2, 0) is 17.7 Å². The molecule has 188 valence electrons. The van der Waals surface area contributed by atoms with E-state index in [1.54, 1.807) is 12.3 Å². The normalized spacial score (nSPS) is 15.5. The number of benzene rings is 2. The summed E-state index contributed by atoms with van der Waals surface area (Å²) in [5.41, 5.74) is 3.82. The largest absolute Gasteiger partial charge is 0.422 e. The molecule has 4 heterocycles. The number of hydrogen-bond donors (Lipinski definition) is 1. The van der Waals surface area contributed by atoms with Gasteiger partial charge in [-0.2, -0.15) is 4.98 Å². The number of carbonyl (C=O) groups is 1. The molecule has 37 heavy (non-hydrogen) atoms. The highest BCUT2D eigenvalue weighted by Gasteiger charge is 2.25. The highest BCUT2D eigenvalue weighted by atomic mass is 16.5. The van der Waals surface area contributed by atoms with E-state index in [1.807, 2.05) is 23.1 Å². The summed E-state index contributed by atoms with van der Waals surface area (Å²) < 4.78 is 11.1. The van der Waals surface area contributed by atoms with Crippen molar-refractivity contribution in [1.29, 1.82) is 0 Å². The maximum absolute atomic E-state index is 12.8. The van der Waals surface area contributed by atoms with Gasteiger partial charge in [0.2, 0.25) is 5.95 Å². The lowest BCUT2D eigenvalue weighted by molar-refractivity contribution is 0.101. The number of Topliss-reactive ketones (excluding diaryl/α,β-unsaturated/α-hetero) is 1. The van der Waals surface area contributed by atoms with Crippen LogP contribution in [0.2, 0.25) is 0 Å². The summed E-state index contributed by atoms with van der Waals surface area (Å²) >= 11 is 0. The number of fused-ring (bicyclic) bond motifs is 2. The summed E-state index contributed by atoms with van der Waals surface area (Å²) in [7, 11) is 0. The van der Waals surface area contributed by atoms with Gasteiger partial charge < -0.3 is 24.3 Å². The van der Waals surface area contributed by atoms with Crippen LogP contribution in [0.4, 0.5) is 23.1 Å². The number of nitrogens with zero attached hydrogens (tertiary/aromatic N) is 4. The Morgan fingerprint density at radius 2 is 1.81 bits per heavy atom. The third-order valence-electron chi connectivity index (χ3n) is 6.91. The van der Waals surface area contributed by atoms with E-state index >= 15 is 0 Å².